The summed E-state index contributed by atoms with van der Waals surface area (Å²) in [4.78, 5) is 14.0. The lowest BCUT2D eigenvalue weighted by atomic mass is 10.1. The fourth-order valence-corrected chi connectivity index (χ4v) is 2.19. The quantitative estimate of drug-likeness (QED) is 0.840. The van der Waals surface area contributed by atoms with Gasteiger partial charge in [-0.2, -0.15) is 0 Å². The molecule has 0 bridgehead atoms. The zero-order valence-corrected chi connectivity index (χ0v) is 11.3. The lowest BCUT2D eigenvalue weighted by molar-refractivity contribution is -0.125. The summed E-state index contributed by atoms with van der Waals surface area (Å²) in [7, 11) is 3.98. The molecule has 1 aliphatic carbocycles. The highest BCUT2D eigenvalue weighted by Crippen LogP contribution is 2.36. The van der Waals surface area contributed by atoms with Crippen LogP contribution in [-0.4, -0.2) is 31.4 Å². The maximum absolute atomic E-state index is 12.0. The molecule has 1 fully saturated rings. The molecule has 1 aromatic heterocycles. The van der Waals surface area contributed by atoms with Crippen LogP contribution in [0.4, 0.5) is 0 Å². The number of carbonyl (C=O) groups excluding carboxylic acids is 1. The summed E-state index contributed by atoms with van der Waals surface area (Å²) in [6, 6.07) is 3.91. The third-order valence-electron chi connectivity index (χ3n) is 3.71. The van der Waals surface area contributed by atoms with Crippen LogP contribution in [0.25, 0.3) is 0 Å². The van der Waals surface area contributed by atoms with Crippen molar-refractivity contribution in [2.45, 2.75) is 25.8 Å². The SMILES string of the molecule is CC(C(=O)NCC(c1ccco1)N(C)C)C1CC1. The van der Waals surface area contributed by atoms with Gasteiger partial charge >= 0.3 is 0 Å². The van der Waals surface area contributed by atoms with E-state index < -0.39 is 0 Å². The monoisotopic (exact) mass is 250 g/mol. The molecule has 2 rings (SSSR count). The van der Waals surface area contributed by atoms with E-state index >= 15 is 0 Å². The second kappa shape index (κ2) is 5.57. The molecule has 4 heteroatoms. The van der Waals surface area contributed by atoms with Gasteiger partial charge in [0, 0.05) is 12.5 Å². The van der Waals surface area contributed by atoms with E-state index in [0.717, 1.165) is 5.76 Å². The number of nitrogens with zero attached hydrogens (tertiary/aromatic N) is 1. The minimum absolute atomic E-state index is 0.0929. The van der Waals surface area contributed by atoms with Crippen molar-refractivity contribution in [3.63, 3.8) is 0 Å². The predicted molar refractivity (Wildman–Crippen MR) is 70.0 cm³/mol. The average Bonchev–Trinajstić information content (AvgIpc) is 3.05. The van der Waals surface area contributed by atoms with Crippen molar-refractivity contribution in [1.82, 2.24) is 10.2 Å². The highest BCUT2D eigenvalue weighted by atomic mass is 16.3. The highest BCUT2D eigenvalue weighted by molar-refractivity contribution is 5.78. The van der Waals surface area contributed by atoms with Crippen LogP contribution in [0.3, 0.4) is 0 Å². The van der Waals surface area contributed by atoms with Crippen LogP contribution in [-0.2, 0) is 4.79 Å². The molecule has 100 valence electrons. The van der Waals surface area contributed by atoms with E-state index in [4.69, 9.17) is 4.42 Å². The molecule has 1 amide bonds. The smallest absolute Gasteiger partial charge is 0.223 e. The second-order valence-corrected chi connectivity index (χ2v) is 5.37. The van der Waals surface area contributed by atoms with Crippen molar-refractivity contribution in [3.8, 4) is 0 Å². The summed E-state index contributed by atoms with van der Waals surface area (Å²) in [5.74, 6) is 1.80. The molecular weight excluding hydrogens is 228 g/mol. The lowest BCUT2D eigenvalue weighted by Crippen LogP contribution is -2.37. The molecule has 1 aromatic rings. The van der Waals surface area contributed by atoms with Gasteiger partial charge in [-0.25, -0.2) is 0 Å². The first kappa shape index (κ1) is 13.1. The maximum Gasteiger partial charge on any atom is 0.223 e. The van der Waals surface area contributed by atoms with Crippen LogP contribution in [0.5, 0.6) is 0 Å². The first-order chi connectivity index (χ1) is 8.59. The average molecular weight is 250 g/mol. The van der Waals surface area contributed by atoms with Crippen molar-refractivity contribution >= 4 is 5.91 Å². The maximum atomic E-state index is 12.0. The normalized spacial score (nSPS) is 18.7. The summed E-state index contributed by atoms with van der Waals surface area (Å²) < 4.78 is 5.42. The molecule has 1 saturated carbocycles. The molecule has 1 aliphatic rings. The van der Waals surface area contributed by atoms with Crippen LogP contribution >= 0.6 is 0 Å². The van der Waals surface area contributed by atoms with Gasteiger partial charge < -0.3 is 9.73 Å². The lowest BCUT2D eigenvalue weighted by Gasteiger charge is -2.23. The number of likely N-dealkylation sites (N-methyl/N-ethyl adjacent to an activating group) is 1. The van der Waals surface area contributed by atoms with Gasteiger partial charge in [0.2, 0.25) is 5.91 Å². The molecule has 4 nitrogen and oxygen atoms in total. The Morgan fingerprint density at radius 2 is 2.28 bits per heavy atom. The van der Waals surface area contributed by atoms with E-state index in [0.29, 0.717) is 12.5 Å². The second-order valence-electron chi connectivity index (χ2n) is 5.37. The third kappa shape index (κ3) is 3.13. The van der Waals surface area contributed by atoms with Gasteiger partial charge in [0.1, 0.15) is 5.76 Å². The Kier molecular flexibility index (Phi) is 4.07. The largest absolute Gasteiger partial charge is 0.468 e. The van der Waals surface area contributed by atoms with E-state index in [1.54, 1.807) is 6.26 Å². The van der Waals surface area contributed by atoms with Crippen LogP contribution in [0.1, 0.15) is 31.6 Å². The Labute approximate surface area is 108 Å². The van der Waals surface area contributed by atoms with Gasteiger partial charge in [-0.05, 0) is 45.0 Å². The number of carbonyl (C=O) groups is 1. The Bertz CT molecular complexity index is 383. The van der Waals surface area contributed by atoms with Gasteiger partial charge in [0.05, 0.1) is 12.3 Å². The molecule has 2 atom stereocenters. The van der Waals surface area contributed by atoms with Crippen molar-refractivity contribution in [1.29, 1.82) is 0 Å². The topological polar surface area (TPSA) is 45.5 Å². The summed E-state index contributed by atoms with van der Waals surface area (Å²) in [6.45, 7) is 2.61. The summed E-state index contributed by atoms with van der Waals surface area (Å²) in [5, 5.41) is 3.03. The van der Waals surface area contributed by atoms with E-state index in [1.165, 1.54) is 12.8 Å². The van der Waals surface area contributed by atoms with Gasteiger partial charge in [-0.3, -0.25) is 9.69 Å². The van der Waals surface area contributed by atoms with Crippen molar-refractivity contribution in [2.75, 3.05) is 20.6 Å². The zero-order chi connectivity index (χ0) is 13.1. The Morgan fingerprint density at radius 1 is 1.56 bits per heavy atom. The van der Waals surface area contributed by atoms with Gasteiger partial charge in [0.25, 0.3) is 0 Å². The first-order valence-electron chi connectivity index (χ1n) is 6.57. The van der Waals surface area contributed by atoms with Crippen LogP contribution in [0.15, 0.2) is 22.8 Å². The number of nitrogens with one attached hydrogen (secondary N) is 1. The van der Waals surface area contributed by atoms with Crippen molar-refractivity contribution in [3.05, 3.63) is 24.2 Å². The van der Waals surface area contributed by atoms with Gasteiger partial charge in [0.15, 0.2) is 0 Å². The summed E-state index contributed by atoms with van der Waals surface area (Å²) in [6.07, 6.45) is 4.06. The van der Waals surface area contributed by atoms with Crippen LogP contribution in [0, 0.1) is 11.8 Å². The van der Waals surface area contributed by atoms with E-state index in [-0.39, 0.29) is 17.9 Å². The Balaban J connectivity index is 1.88. The summed E-state index contributed by atoms with van der Waals surface area (Å²) >= 11 is 0. The molecular formula is C14H22N2O2. The van der Waals surface area contributed by atoms with E-state index in [1.807, 2.05) is 33.2 Å². The molecule has 18 heavy (non-hydrogen) atoms. The van der Waals surface area contributed by atoms with Gasteiger partial charge in [-0.15, -0.1) is 0 Å². The van der Waals surface area contributed by atoms with Gasteiger partial charge in [-0.1, -0.05) is 6.92 Å². The molecule has 0 radical (unpaired) electrons. The van der Waals surface area contributed by atoms with E-state index in [9.17, 15) is 4.79 Å². The Hall–Kier alpha value is -1.29. The fraction of sp³-hybridized carbons (Fsp3) is 0.643. The number of amides is 1. The number of furan rings is 1. The van der Waals surface area contributed by atoms with Crippen LogP contribution < -0.4 is 5.32 Å². The van der Waals surface area contributed by atoms with E-state index in [2.05, 4.69) is 10.2 Å². The van der Waals surface area contributed by atoms with Crippen LogP contribution in [0.2, 0.25) is 0 Å². The molecule has 1 N–H and O–H groups in total. The highest BCUT2D eigenvalue weighted by Gasteiger charge is 2.32. The number of rotatable bonds is 6. The summed E-state index contributed by atoms with van der Waals surface area (Å²) in [5.41, 5.74) is 0. The minimum Gasteiger partial charge on any atom is -0.468 e. The number of hydrogen-bond donors (Lipinski definition) is 1. The molecule has 1 heterocycles. The minimum atomic E-state index is 0.0929. The van der Waals surface area contributed by atoms with Crippen molar-refractivity contribution < 1.29 is 9.21 Å². The fourth-order valence-electron chi connectivity index (χ4n) is 2.19. The Morgan fingerprint density at radius 3 is 2.78 bits per heavy atom. The standard InChI is InChI=1S/C14H22N2O2/c1-10(11-6-7-11)14(17)15-9-12(16(2)3)13-5-4-8-18-13/h4-5,8,10-12H,6-7,9H2,1-3H3,(H,15,17). The number of hydrogen-bond acceptors (Lipinski definition) is 3. The molecule has 0 saturated heterocycles. The molecule has 0 spiro atoms. The predicted octanol–water partition coefficient (Wildman–Crippen LogP) is 2.04. The molecule has 2 unspecified atom stereocenters. The molecule has 0 aliphatic heterocycles. The first-order valence-corrected chi connectivity index (χ1v) is 6.57. The molecule has 0 aromatic carbocycles. The third-order valence-corrected chi connectivity index (χ3v) is 3.71. The zero-order valence-electron chi connectivity index (χ0n) is 11.3. The van der Waals surface area contributed by atoms with Crippen molar-refractivity contribution in [2.24, 2.45) is 11.8 Å².